The number of aromatic nitrogens is 2. The molecule has 0 atom stereocenters. The van der Waals surface area contributed by atoms with Gasteiger partial charge in [0.15, 0.2) is 0 Å². The van der Waals surface area contributed by atoms with E-state index in [0.29, 0.717) is 17.4 Å². The third-order valence-electron chi connectivity index (χ3n) is 3.44. The quantitative estimate of drug-likeness (QED) is 0.659. The largest absolute Gasteiger partial charge is 0.354 e. The average molecular weight is 359 g/mol. The molecule has 2 heterocycles. The first kappa shape index (κ1) is 16.7. The molecule has 3 aromatic rings. The number of carbonyl (C=O) groups is 1. The molecular formula is C17H17N3O2S2. The van der Waals surface area contributed by atoms with Crippen LogP contribution in [0.5, 0.6) is 0 Å². The van der Waals surface area contributed by atoms with E-state index < -0.39 is 0 Å². The van der Waals surface area contributed by atoms with Gasteiger partial charge in [0.25, 0.3) is 5.56 Å². The van der Waals surface area contributed by atoms with Crippen LogP contribution in [0.2, 0.25) is 0 Å². The summed E-state index contributed by atoms with van der Waals surface area (Å²) < 4.78 is 1.34. The number of para-hydroxylation sites is 1. The zero-order valence-corrected chi connectivity index (χ0v) is 14.6. The Morgan fingerprint density at radius 3 is 2.96 bits per heavy atom. The molecule has 0 unspecified atom stereocenters. The highest BCUT2D eigenvalue weighted by Gasteiger charge is 2.07. The number of thioether (sulfide) groups is 1. The van der Waals surface area contributed by atoms with Crippen molar-refractivity contribution in [3.05, 3.63) is 63.3 Å². The second kappa shape index (κ2) is 8.12. The summed E-state index contributed by atoms with van der Waals surface area (Å²) >= 11 is 3.52. The SMILES string of the molecule is O=C(Cn1cnc2ccccc2c1=O)NCCSCc1cccs1. The molecule has 0 aliphatic carbocycles. The summed E-state index contributed by atoms with van der Waals surface area (Å²) in [6, 6.07) is 11.3. The lowest BCUT2D eigenvalue weighted by Crippen LogP contribution is -2.33. The van der Waals surface area contributed by atoms with Crippen LogP contribution in [0.15, 0.2) is 52.9 Å². The topological polar surface area (TPSA) is 64.0 Å². The lowest BCUT2D eigenvalue weighted by molar-refractivity contribution is -0.121. The Balaban J connectivity index is 1.48. The van der Waals surface area contributed by atoms with E-state index in [9.17, 15) is 9.59 Å². The zero-order valence-electron chi connectivity index (χ0n) is 13.0. The molecule has 5 nitrogen and oxygen atoms in total. The number of benzene rings is 1. The maximum absolute atomic E-state index is 12.3. The van der Waals surface area contributed by atoms with Gasteiger partial charge in [0.1, 0.15) is 6.54 Å². The van der Waals surface area contributed by atoms with Crippen LogP contribution in [0.4, 0.5) is 0 Å². The number of nitrogens with one attached hydrogen (secondary N) is 1. The van der Waals surface area contributed by atoms with E-state index in [1.807, 2.05) is 12.1 Å². The molecule has 0 radical (unpaired) electrons. The third kappa shape index (κ3) is 4.24. The van der Waals surface area contributed by atoms with Gasteiger partial charge in [0.05, 0.1) is 17.2 Å². The van der Waals surface area contributed by atoms with Crippen LogP contribution in [0.3, 0.4) is 0 Å². The molecule has 124 valence electrons. The first-order chi connectivity index (χ1) is 11.7. The Morgan fingerprint density at radius 1 is 1.25 bits per heavy atom. The Morgan fingerprint density at radius 2 is 2.12 bits per heavy atom. The van der Waals surface area contributed by atoms with E-state index in [4.69, 9.17) is 0 Å². The smallest absolute Gasteiger partial charge is 0.261 e. The molecule has 1 aromatic carbocycles. The molecule has 3 rings (SSSR count). The van der Waals surface area contributed by atoms with Crippen molar-refractivity contribution < 1.29 is 4.79 Å². The van der Waals surface area contributed by atoms with Crippen molar-refractivity contribution in [3.63, 3.8) is 0 Å². The van der Waals surface area contributed by atoms with Crippen molar-refractivity contribution >= 4 is 39.9 Å². The number of hydrogen-bond acceptors (Lipinski definition) is 5. The van der Waals surface area contributed by atoms with Gasteiger partial charge in [0.2, 0.25) is 5.91 Å². The predicted molar refractivity (Wildman–Crippen MR) is 99.5 cm³/mol. The molecular weight excluding hydrogens is 342 g/mol. The van der Waals surface area contributed by atoms with Crippen molar-refractivity contribution in [1.29, 1.82) is 0 Å². The number of rotatable bonds is 7. The highest BCUT2D eigenvalue weighted by molar-refractivity contribution is 7.98. The fraction of sp³-hybridized carbons (Fsp3) is 0.235. The van der Waals surface area contributed by atoms with Crippen LogP contribution >= 0.6 is 23.1 Å². The Hall–Kier alpha value is -2.12. The summed E-state index contributed by atoms with van der Waals surface area (Å²) in [6.07, 6.45) is 1.43. The number of hydrogen-bond donors (Lipinski definition) is 1. The van der Waals surface area contributed by atoms with Gasteiger partial charge in [-0.3, -0.25) is 14.2 Å². The van der Waals surface area contributed by atoms with Crippen LogP contribution < -0.4 is 10.9 Å². The molecule has 0 saturated heterocycles. The minimum absolute atomic E-state index is 0.00768. The van der Waals surface area contributed by atoms with Gasteiger partial charge >= 0.3 is 0 Å². The van der Waals surface area contributed by atoms with Crippen LogP contribution in [0.1, 0.15) is 4.88 Å². The zero-order chi connectivity index (χ0) is 16.8. The average Bonchev–Trinajstić information content (AvgIpc) is 3.11. The van der Waals surface area contributed by atoms with E-state index >= 15 is 0 Å². The molecule has 1 amide bonds. The second-order valence-corrected chi connectivity index (χ2v) is 7.31. The first-order valence-electron chi connectivity index (χ1n) is 7.55. The van der Waals surface area contributed by atoms with Crippen molar-refractivity contribution in [2.75, 3.05) is 12.3 Å². The summed E-state index contributed by atoms with van der Waals surface area (Å²) in [7, 11) is 0. The standard InChI is InChI=1S/C17H17N3O2S2/c21-16(18-7-9-23-11-13-4-3-8-24-13)10-20-12-19-15-6-2-1-5-14(15)17(20)22/h1-6,8,12H,7,9-11H2,(H,18,21). The Bertz CT molecular complexity index is 875. The molecule has 0 bridgehead atoms. The van der Waals surface area contributed by atoms with Gasteiger partial charge in [0, 0.05) is 22.9 Å². The number of amides is 1. The fourth-order valence-electron chi connectivity index (χ4n) is 2.26. The minimum atomic E-state index is -0.192. The van der Waals surface area contributed by atoms with Crippen LogP contribution in [-0.4, -0.2) is 27.8 Å². The number of carbonyl (C=O) groups excluding carboxylic acids is 1. The lowest BCUT2D eigenvalue weighted by atomic mass is 10.2. The van der Waals surface area contributed by atoms with E-state index in [1.165, 1.54) is 15.8 Å². The number of nitrogens with zero attached hydrogens (tertiary/aromatic N) is 2. The summed E-state index contributed by atoms with van der Waals surface area (Å²) in [4.78, 5) is 29.8. The molecule has 7 heteroatoms. The Labute approximate surface area is 147 Å². The van der Waals surface area contributed by atoms with Crippen molar-refractivity contribution in [1.82, 2.24) is 14.9 Å². The molecule has 1 N–H and O–H groups in total. The van der Waals surface area contributed by atoms with Gasteiger partial charge in [-0.2, -0.15) is 11.8 Å². The van der Waals surface area contributed by atoms with Gasteiger partial charge in [-0.25, -0.2) is 4.98 Å². The summed E-state index contributed by atoms with van der Waals surface area (Å²) in [5.74, 6) is 1.63. The molecule has 0 aliphatic rings. The summed E-state index contributed by atoms with van der Waals surface area (Å²) in [5.41, 5.74) is 0.451. The van der Waals surface area contributed by atoms with Gasteiger partial charge < -0.3 is 5.32 Å². The van der Waals surface area contributed by atoms with E-state index in [1.54, 1.807) is 41.3 Å². The molecule has 2 aromatic heterocycles. The highest BCUT2D eigenvalue weighted by atomic mass is 32.2. The molecule has 24 heavy (non-hydrogen) atoms. The van der Waals surface area contributed by atoms with Crippen molar-refractivity contribution in [2.45, 2.75) is 12.3 Å². The maximum Gasteiger partial charge on any atom is 0.261 e. The monoisotopic (exact) mass is 359 g/mol. The summed E-state index contributed by atoms with van der Waals surface area (Å²) in [5, 5.41) is 5.43. The highest BCUT2D eigenvalue weighted by Crippen LogP contribution is 2.16. The number of fused-ring (bicyclic) bond motifs is 1. The minimum Gasteiger partial charge on any atom is -0.354 e. The maximum atomic E-state index is 12.3. The fourth-order valence-corrected chi connectivity index (χ4v) is 3.96. The number of thiophene rings is 1. The second-order valence-electron chi connectivity index (χ2n) is 5.18. The van der Waals surface area contributed by atoms with Gasteiger partial charge in [-0.1, -0.05) is 18.2 Å². The Kier molecular flexibility index (Phi) is 5.66. The van der Waals surface area contributed by atoms with Crippen LogP contribution in [0.25, 0.3) is 10.9 Å². The third-order valence-corrected chi connectivity index (χ3v) is 5.51. The van der Waals surface area contributed by atoms with E-state index in [0.717, 1.165) is 11.5 Å². The predicted octanol–water partition coefficient (Wildman–Crippen LogP) is 2.51. The normalized spacial score (nSPS) is 10.8. The lowest BCUT2D eigenvalue weighted by Gasteiger charge is -2.07. The molecule has 0 saturated carbocycles. The molecule has 0 aliphatic heterocycles. The summed E-state index contributed by atoms with van der Waals surface area (Å²) in [6.45, 7) is 0.580. The molecule has 0 fully saturated rings. The molecule has 0 spiro atoms. The first-order valence-corrected chi connectivity index (χ1v) is 9.58. The van der Waals surface area contributed by atoms with Gasteiger partial charge in [-0.15, -0.1) is 11.3 Å². The van der Waals surface area contributed by atoms with E-state index in [2.05, 4.69) is 21.7 Å². The van der Waals surface area contributed by atoms with Crippen LogP contribution in [-0.2, 0) is 17.1 Å². The van der Waals surface area contributed by atoms with E-state index in [-0.39, 0.29) is 18.0 Å². The van der Waals surface area contributed by atoms with Crippen molar-refractivity contribution in [3.8, 4) is 0 Å². The van der Waals surface area contributed by atoms with Crippen LogP contribution in [0, 0.1) is 0 Å². The van der Waals surface area contributed by atoms with Gasteiger partial charge in [-0.05, 0) is 23.6 Å². The van der Waals surface area contributed by atoms with Crippen molar-refractivity contribution in [2.24, 2.45) is 0 Å².